The zero-order chi connectivity index (χ0) is 13.0. The number of likely N-dealkylation sites (tertiary alicyclic amines) is 1. The number of carbonyl (C=O) groups is 1. The van der Waals surface area contributed by atoms with Crippen molar-refractivity contribution in [3.05, 3.63) is 29.8 Å². The Morgan fingerprint density at radius 3 is 3.00 bits per heavy atom. The third kappa shape index (κ3) is 3.47. The number of rotatable bonds is 4. The standard InChI is InChI=1S/C14H21N3O/c1-11(18)16-13-7-9-17(10-13)8-6-12-4-2-3-5-14(12)15/h2-5,13H,6-10,15H2,1H3,(H,16,18). The SMILES string of the molecule is CC(=O)NC1CCN(CCc2ccccc2N)C1. The molecular weight excluding hydrogens is 226 g/mol. The summed E-state index contributed by atoms with van der Waals surface area (Å²) in [5, 5.41) is 2.98. The second kappa shape index (κ2) is 5.87. The van der Waals surface area contributed by atoms with Crippen LogP contribution in [0.15, 0.2) is 24.3 Å². The molecule has 1 atom stereocenters. The molecule has 0 saturated carbocycles. The minimum Gasteiger partial charge on any atom is -0.399 e. The van der Waals surface area contributed by atoms with Crippen LogP contribution in [-0.4, -0.2) is 36.5 Å². The molecule has 0 bridgehead atoms. The van der Waals surface area contributed by atoms with Crippen molar-refractivity contribution in [1.82, 2.24) is 10.2 Å². The maximum Gasteiger partial charge on any atom is 0.217 e. The quantitative estimate of drug-likeness (QED) is 0.781. The highest BCUT2D eigenvalue weighted by Crippen LogP contribution is 2.14. The van der Waals surface area contributed by atoms with E-state index in [9.17, 15) is 4.79 Å². The van der Waals surface area contributed by atoms with Crippen molar-refractivity contribution in [1.29, 1.82) is 0 Å². The molecule has 0 spiro atoms. The fourth-order valence-electron chi connectivity index (χ4n) is 2.48. The molecule has 4 nitrogen and oxygen atoms in total. The average Bonchev–Trinajstić information content (AvgIpc) is 2.75. The molecule has 98 valence electrons. The molecule has 4 heteroatoms. The van der Waals surface area contributed by atoms with Crippen LogP contribution >= 0.6 is 0 Å². The lowest BCUT2D eigenvalue weighted by atomic mass is 10.1. The number of nitrogen functional groups attached to an aromatic ring is 1. The summed E-state index contributed by atoms with van der Waals surface area (Å²) >= 11 is 0. The van der Waals surface area contributed by atoms with Gasteiger partial charge in [-0.2, -0.15) is 0 Å². The van der Waals surface area contributed by atoms with Gasteiger partial charge in [-0.25, -0.2) is 0 Å². The molecule has 2 rings (SSSR count). The summed E-state index contributed by atoms with van der Waals surface area (Å²) in [5.41, 5.74) is 8.00. The summed E-state index contributed by atoms with van der Waals surface area (Å²) in [6.07, 6.45) is 2.02. The first-order chi connectivity index (χ1) is 8.65. The number of nitrogens with two attached hydrogens (primary N) is 1. The Morgan fingerprint density at radius 1 is 1.50 bits per heavy atom. The van der Waals surface area contributed by atoms with Crippen LogP contribution in [0.1, 0.15) is 18.9 Å². The van der Waals surface area contributed by atoms with Crippen molar-refractivity contribution in [2.75, 3.05) is 25.4 Å². The second-order valence-corrected chi connectivity index (χ2v) is 4.94. The number of hydrogen-bond acceptors (Lipinski definition) is 3. The number of anilines is 1. The molecule has 1 amide bonds. The Bertz CT molecular complexity index is 419. The van der Waals surface area contributed by atoms with Crippen LogP contribution < -0.4 is 11.1 Å². The highest BCUT2D eigenvalue weighted by molar-refractivity contribution is 5.73. The normalized spacial score (nSPS) is 19.9. The van der Waals surface area contributed by atoms with Crippen LogP contribution in [0.25, 0.3) is 0 Å². The van der Waals surface area contributed by atoms with Crippen LogP contribution in [0.2, 0.25) is 0 Å². The predicted octanol–water partition coefficient (Wildman–Crippen LogP) is 1.02. The average molecular weight is 247 g/mol. The van der Waals surface area contributed by atoms with Gasteiger partial charge in [0.15, 0.2) is 0 Å². The third-order valence-corrected chi connectivity index (χ3v) is 3.43. The summed E-state index contributed by atoms with van der Waals surface area (Å²) in [7, 11) is 0. The largest absolute Gasteiger partial charge is 0.399 e. The molecule has 0 radical (unpaired) electrons. The topological polar surface area (TPSA) is 58.4 Å². The zero-order valence-electron chi connectivity index (χ0n) is 10.9. The fraction of sp³-hybridized carbons (Fsp3) is 0.500. The Kier molecular flexibility index (Phi) is 4.20. The van der Waals surface area contributed by atoms with E-state index in [1.54, 1.807) is 6.92 Å². The molecule has 3 N–H and O–H groups in total. The van der Waals surface area contributed by atoms with E-state index in [-0.39, 0.29) is 5.91 Å². The Balaban J connectivity index is 1.79. The highest BCUT2D eigenvalue weighted by atomic mass is 16.1. The molecule has 1 aliphatic rings. The van der Waals surface area contributed by atoms with E-state index < -0.39 is 0 Å². The lowest BCUT2D eigenvalue weighted by Crippen LogP contribution is -2.36. The summed E-state index contributed by atoms with van der Waals surface area (Å²) in [5.74, 6) is 0.0640. The molecule has 1 saturated heterocycles. The molecule has 1 aromatic rings. The molecule has 1 aromatic carbocycles. The van der Waals surface area contributed by atoms with Gasteiger partial charge in [-0.05, 0) is 24.5 Å². The zero-order valence-corrected chi connectivity index (χ0v) is 10.9. The van der Waals surface area contributed by atoms with Crippen LogP contribution in [-0.2, 0) is 11.2 Å². The van der Waals surface area contributed by atoms with Crippen molar-refractivity contribution in [3.8, 4) is 0 Å². The monoisotopic (exact) mass is 247 g/mol. The van der Waals surface area contributed by atoms with Crippen LogP contribution in [0.4, 0.5) is 5.69 Å². The van der Waals surface area contributed by atoms with Gasteiger partial charge in [-0.15, -0.1) is 0 Å². The lowest BCUT2D eigenvalue weighted by molar-refractivity contribution is -0.119. The van der Waals surface area contributed by atoms with Crippen LogP contribution in [0.5, 0.6) is 0 Å². The molecule has 1 heterocycles. The van der Waals surface area contributed by atoms with Gasteiger partial charge in [-0.3, -0.25) is 4.79 Å². The van der Waals surface area contributed by atoms with Gasteiger partial charge in [0, 0.05) is 38.3 Å². The van der Waals surface area contributed by atoms with Gasteiger partial charge in [0.1, 0.15) is 0 Å². The van der Waals surface area contributed by atoms with Crippen molar-refractivity contribution in [2.45, 2.75) is 25.8 Å². The van der Waals surface area contributed by atoms with Gasteiger partial charge in [0.2, 0.25) is 5.91 Å². The summed E-state index contributed by atoms with van der Waals surface area (Å²) in [6, 6.07) is 8.32. The van der Waals surface area contributed by atoms with Crippen LogP contribution in [0, 0.1) is 0 Å². The maximum atomic E-state index is 11.0. The number of nitrogens with zero attached hydrogens (tertiary/aromatic N) is 1. The molecule has 18 heavy (non-hydrogen) atoms. The first-order valence-electron chi connectivity index (χ1n) is 6.48. The number of benzene rings is 1. The molecule has 0 aliphatic carbocycles. The minimum atomic E-state index is 0.0640. The predicted molar refractivity (Wildman–Crippen MR) is 73.2 cm³/mol. The van der Waals surface area contributed by atoms with E-state index in [1.807, 2.05) is 18.2 Å². The number of carbonyl (C=O) groups excluding carboxylic acids is 1. The summed E-state index contributed by atoms with van der Waals surface area (Å²) in [4.78, 5) is 13.4. The Labute approximate surface area is 108 Å². The molecule has 1 fully saturated rings. The van der Waals surface area contributed by atoms with Gasteiger partial charge >= 0.3 is 0 Å². The van der Waals surface area contributed by atoms with Gasteiger partial charge < -0.3 is 16.0 Å². The molecule has 0 aromatic heterocycles. The number of para-hydroxylation sites is 1. The van der Waals surface area contributed by atoms with E-state index in [0.29, 0.717) is 6.04 Å². The second-order valence-electron chi connectivity index (χ2n) is 4.94. The molecule has 1 aliphatic heterocycles. The molecule has 1 unspecified atom stereocenters. The minimum absolute atomic E-state index is 0.0640. The van der Waals surface area contributed by atoms with Gasteiger partial charge in [0.05, 0.1) is 0 Å². The molecular formula is C14H21N3O. The smallest absolute Gasteiger partial charge is 0.217 e. The first-order valence-corrected chi connectivity index (χ1v) is 6.48. The maximum absolute atomic E-state index is 11.0. The van der Waals surface area contributed by atoms with Crippen molar-refractivity contribution in [2.24, 2.45) is 0 Å². The van der Waals surface area contributed by atoms with E-state index in [1.165, 1.54) is 5.56 Å². The Morgan fingerprint density at radius 2 is 2.28 bits per heavy atom. The third-order valence-electron chi connectivity index (χ3n) is 3.43. The van der Waals surface area contributed by atoms with E-state index in [4.69, 9.17) is 5.73 Å². The van der Waals surface area contributed by atoms with Gasteiger partial charge in [0.25, 0.3) is 0 Å². The van der Waals surface area contributed by atoms with Gasteiger partial charge in [-0.1, -0.05) is 18.2 Å². The van der Waals surface area contributed by atoms with Crippen LogP contribution in [0.3, 0.4) is 0 Å². The number of amides is 1. The fourth-order valence-corrected chi connectivity index (χ4v) is 2.48. The highest BCUT2D eigenvalue weighted by Gasteiger charge is 2.22. The first kappa shape index (κ1) is 12.9. The summed E-state index contributed by atoms with van der Waals surface area (Å²) in [6.45, 7) is 4.58. The van der Waals surface area contributed by atoms with E-state index in [2.05, 4.69) is 16.3 Å². The van der Waals surface area contributed by atoms with Crippen molar-refractivity contribution >= 4 is 11.6 Å². The lowest BCUT2D eigenvalue weighted by Gasteiger charge is -2.16. The Hall–Kier alpha value is -1.55. The van der Waals surface area contributed by atoms with Crippen molar-refractivity contribution in [3.63, 3.8) is 0 Å². The number of nitrogens with one attached hydrogen (secondary N) is 1. The van der Waals surface area contributed by atoms with E-state index >= 15 is 0 Å². The summed E-state index contributed by atoms with van der Waals surface area (Å²) < 4.78 is 0. The van der Waals surface area contributed by atoms with E-state index in [0.717, 1.165) is 38.2 Å². The number of hydrogen-bond donors (Lipinski definition) is 2. The van der Waals surface area contributed by atoms with Crippen molar-refractivity contribution < 1.29 is 4.79 Å².